The first-order chi connectivity index (χ1) is 16.7. The number of piperidine rings is 1. The summed E-state index contributed by atoms with van der Waals surface area (Å²) in [5, 5.41) is 3.95. The number of sulfonamides is 1. The Labute approximate surface area is 201 Å². The number of hydrogen-bond donors (Lipinski definition) is 0. The summed E-state index contributed by atoms with van der Waals surface area (Å²) in [7, 11) is -4.01. The van der Waals surface area contributed by atoms with Gasteiger partial charge in [0.2, 0.25) is 11.7 Å². The molecule has 9 nitrogen and oxygen atoms in total. The molecular formula is C24H23FN4O5S. The van der Waals surface area contributed by atoms with Crippen LogP contribution in [0.2, 0.25) is 0 Å². The predicted molar refractivity (Wildman–Crippen MR) is 123 cm³/mol. The minimum Gasteiger partial charge on any atom is -0.339 e. The van der Waals surface area contributed by atoms with Crippen LogP contribution in [-0.2, 0) is 10.0 Å². The minimum atomic E-state index is -4.01. The van der Waals surface area contributed by atoms with E-state index in [9.17, 15) is 22.4 Å². The number of likely N-dealkylation sites (tertiary alicyclic amines) is 1. The number of aromatic nitrogens is 2. The lowest BCUT2D eigenvalue weighted by Crippen LogP contribution is -2.39. The van der Waals surface area contributed by atoms with Gasteiger partial charge in [-0.05, 0) is 57.0 Å². The van der Waals surface area contributed by atoms with Crippen LogP contribution in [0.1, 0.15) is 59.2 Å². The molecule has 1 fully saturated rings. The fraction of sp³-hybridized carbons (Fsp3) is 0.333. The van der Waals surface area contributed by atoms with Gasteiger partial charge in [0.1, 0.15) is 10.7 Å². The highest BCUT2D eigenvalue weighted by atomic mass is 32.2. The van der Waals surface area contributed by atoms with Crippen molar-refractivity contribution in [1.29, 1.82) is 0 Å². The second-order valence-electron chi connectivity index (χ2n) is 8.97. The third-order valence-electron chi connectivity index (χ3n) is 6.25. The normalized spacial score (nSPS) is 19.3. The highest BCUT2D eigenvalue weighted by Gasteiger charge is 2.43. The molecule has 35 heavy (non-hydrogen) atoms. The molecule has 0 aliphatic carbocycles. The maximum atomic E-state index is 13.5. The van der Waals surface area contributed by atoms with Crippen LogP contribution < -0.4 is 0 Å². The molecule has 0 saturated carbocycles. The molecule has 0 N–H and O–H groups in total. The summed E-state index contributed by atoms with van der Waals surface area (Å²) in [6, 6.07) is 9.52. The third kappa shape index (κ3) is 3.99. The predicted octanol–water partition coefficient (Wildman–Crippen LogP) is 3.45. The van der Waals surface area contributed by atoms with Crippen molar-refractivity contribution in [3.63, 3.8) is 0 Å². The van der Waals surface area contributed by atoms with E-state index in [1.165, 1.54) is 30.3 Å². The highest BCUT2D eigenvalue weighted by molar-refractivity contribution is 7.90. The van der Waals surface area contributed by atoms with Crippen molar-refractivity contribution in [2.24, 2.45) is 0 Å². The van der Waals surface area contributed by atoms with Gasteiger partial charge >= 0.3 is 0 Å². The maximum Gasteiger partial charge on any atom is 0.269 e. The fourth-order valence-electron chi connectivity index (χ4n) is 4.58. The fourth-order valence-corrected chi connectivity index (χ4v) is 6.38. The van der Waals surface area contributed by atoms with E-state index < -0.39 is 27.8 Å². The van der Waals surface area contributed by atoms with E-state index in [0.29, 0.717) is 31.0 Å². The van der Waals surface area contributed by atoms with Gasteiger partial charge in [0, 0.05) is 30.3 Å². The average molecular weight is 499 g/mol. The first kappa shape index (κ1) is 23.2. The Hall–Kier alpha value is -3.60. The molecule has 3 aromatic rings. The average Bonchev–Trinajstić information content (AvgIpc) is 3.40. The van der Waals surface area contributed by atoms with Crippen LogP contribution in [0.5, 0.6) is 0 Å². The van der Waals surface area contributed by atoms with Crippen LogP contribution in [0.25, 0.3) is 11.4 Å². The van der Waals surface area contributed by atoms with E-state index in [2.05, 4.69) is 10.1 Å². The zero-order valence-corrected chi connectivity index (χ0v) is 20.0. The van der Waals surface area contributed by atoms with E-state index in [1.54, 1.807) is 30.9 Å². The standard InChI is InChI=1S/C24H23FN4O5S/c1-14(2)29-24(31)19-9-8-16(12-20(19)35(29,32)33)23(30)28-10-4-6-17(13-28)22-26-21(27-34-22)15-5-3-7-18(25)11-15/h3,5,7-9,11-12,14,17H,4,6,10,13H2,1-2H3. The number of benzene rings is 2. The van der Waals surface area contributed by atoms with Gasteiger partial charge in [-0.2, -0.15) is 4.98 Å². The lowest BCUT2D eigenvalue weighted by atomic mass is 9.97. The summed E-state index contributed by atoms with van der Waals surface area (Å²) >= 11 is 0. The van der Waals surface area contributed by atoms with E-state index in [-0.39, 0.29) is 33.7 Å². The van der Waals surface area contributed by atoms with E-state index in [4.69, 9.17) is 4.52 Å². The summed E-state index contributed by atoms with van der Waals surface area (Å²) < 4.78 is 45.6. The molecule has 2 amide bonds. The van der Waals surface area contributed by atoms with E-state index >= 15 is 0 Å². The number of amides is 2. The van der Waals surface area contributed by atoms with Crippen molar-refractivity contribution in [3.05, 3.63) is 65.3 Å². The van der Waals surface area contributed by atoms with Crippen LogP contribution in [-0.4, -0.2) is 58.7 Å². The third-order valence-corrected chi connectivity index (χ3v) is 8.25. The molecule has 2 aromatic carbocycles. The molecule has 11 heteroatoms. The second-order valence-corrected chi connectivity index (χ2v) is 10.8. The second kappa shape index (κ2) is 8.56. The zero-order chi connectivity index (χ0) is 24.9. The van der Waals surface area contributed by atoms with Crippen molar-refractivity contribution in [2.45, 2.75) is 43.5 Å². The number of carbonyl (C=O) groups excluding carboxylic acids is 2. The van der Waals surface area contributed by atoms with Gasteiger partial charge in [0.15, 0.2) is 0 Å². The molecule has 0 radical (unpaired) electrons. The maximum absolute atomic E-state index is 13.5. The molecule has 1 unspecified atom stereocenters. The van der Waals surface area contributed by atoms with Gasteiger partial charge in [0.25, 0.3) is 21.8 Å². The smallest absolute Gasteiger partial charge is 0.269 e. The molecule has 182 valence electrons. The van der Waals surface area contributed by atoms with Gasteiger partial charge in [-0.15, -0.1) is 0 Å². The number of carbonyl (C=O) groups is 2. The quantitative estimate of drug-likeness (QED) is 0.541. The Bertz CT molecular complexity index is 1440. The largest absolute Gasteiger partial charge is 0.339 e. The molecule has 0 spiro atoms. The van der Waals surface area contributed by atoms with Gasteiger partial charge in [-0.1, -0.05) is 17.3 Å². The first-order valence-corrected chi connectivity index (χ1v) is 12.7. The first-order valence-electron chi connectivity index (χ1n) is 11.3. The van der Waals surface area contributed by atoms with E-state index in [0.717, 1.165) is 10.7 Å². The Morgan fingerprint density at radius 1 is 1.20 bits per heavy atom. The van der Waals surface area contributed by atoms with Crippen LogP contribution in [0.15, 0.2) is 51.9 Å². The lowest BCUT2D eigenvalue weighted by molar-refractivity contribution is 0.0694. The van der Waals surface area contributed by atoms with Crippen molar-refractivity contribution in [2.75, 3.05) is 13.1 Å². The number of rotatable bonds is 4. The van der Waals surface area contributed by atoms with Crippen molar-refractivity contribution < 1.29 is 26.9 Å². The van der Waals surface area contributed by atoms with Crippen LogP contribution >= 0.6 is 0 Å². The van der Waals surface area contributed by atoms with Crippen molar-refractivity contribution in [3.8, 4) is 11.4 Å². The molecule has 1 atom stereocenters. The van der Waals surface area contributed by atoms with Crippen molar-refractivity contribution in [1.82, 2.24) is 19.3 Å². The molecule has 1 saturated heterocycles. The summed E-state index contributed by atoms with van der Waals surface area (Å²) in [5.41, 5.74) is 0.757. The summed E-state index contributed by atoms with van der Waals surface area (Å²) in [5.74, 6) is -0.912. The SMILES string of the molecule is CC(C)N1C(=O)c2ccc(C(=O)N3CCCC(c4nc(-c5cccc(F)c5)no4)C3)cc2S1(=O)=O. The highest BCUT2D eigenvalue weighted by Crippen LogP contribution is 2.34. The topological polar surface area (TPSA) is 114 Å². The zero-order valence-electron chi connectivity index (χ0n) is 19.1. The summed E-state index contributed by atoms with van der Waals surface area (Å²) in [6.07, 6.45) is 1.42. The van der Waals surface area contributed by atoms with Gasteiger partial charge in [-0.3, -0.25) is 9.59 Å². The van der Waals surface area contributed by atoms with Gasteiger partial charge in [0.05, 0.1) is 11.5 Å². The molecule has 0 bridgehead atoms. The summed E-state index contributed by atoms with van der Waals surface area (Å²) in [4.78, 5) is 31.7. The van der Waals surface area contributed by atoms with Crippen molar-refractivity contribution >= 4 is 21.8 Å². The Morgan fingerprint density at radius 2 is 2.00 bits per heavy atom. The van der Waals surface area contributed by atoms with E-state index in [1.807, 2.05) is 0 Å². The van der Waals surface area contributed by atoms with Gasteiger partial charge < -0.3 is 9.42 Å². The molecule has 2 aliphatic heterocycles. The van der Waals surface area contributed by atoms with Gasteiger partial charge in [-0.25, -0.2) is 17.1 Å². The Balaban J connectivity index is 1.37. The number of nitrogens with zero attached hydrogens (tertiary/aromatic N) is 4. The monoisotopic (exact) mass is 498 g/mol. The summed E-state index contributed by atoms with van der Waals surface area (Å²) in [6.45, 7) is 4.04. The lowest BCUT2D eigenvalue weighted by Gasteiger charge is -2.31. The van der Waals surface area contributed by atoms with Crippen LogP contribution in [0, 0.1) is 5.82 Å². The molecule has 2 aliphatic rings. The molecule has 3 heterocycles. The number of hydrogen-bond acceptors (Lipinski definition) is 7. The Kier molecular flexibility index (Phi) is 5.66. The minimum absolute atomic E-state index is 0.0718. The molecule has 1 aromatic heterocycles. The number of halogens is 1. The molecule has 5 rings (SSSR count). The van der Waals surface area contributed by atoms with Crippen LogP contribution in [0.3, 0.4) is 0 Å². The van der Waals surface area contributed by atoms with Crippen LogP contribution in [0.4, 0.5) is 4.39 Å². The molecular weight excluding hydrogens is 475 g/mol. The number of fused-ring (bicyclic) bond motifs is 1. The Morgan fingerprint density at radius 3 is 2.74 bits per heavy atom.